The van der Waals surface area contributed by atoms with Gasteiger partial charge in [-0.1, -0.05) is 6.92 Å². The third-order valence-corrected chi connectivity index (χ3v) is 3.14. The number of carbonyl (C=O) groups is 3. The summed E-state index contributed by atoms with van der Waals surface area (Å²) in [5.74, 6) is -1.21. The van der Waals surface area contributed by atoms with Crippen LogP contribution in [-0.2, 0) is 9.59 Å². The summed E-state index contributed by atoms with van der Waals surface area (Å²) in [7, 11) is 0. The number of hydrogen-bond donors (Lipinski definition) is 1. The molecule has 1 aromatic rings. The Balaban J connectivity index is 2.33. The minimum Gasteiger partial charge on any atom is -0.317 e. The summed E-state index contributed by atoms with van der Waals surface area (Å²) in [6.07, 6.45) is 2.06. The van der Waals surface area contributed by atoms with Crippen LogP contribution in [0, 0.1) is 6.92 Å². The Labute approximate surface area is 110 Å². The van der Waals surface area contributed by atoms with Gasteiger partial charge in [0.1, 0.15) is 12.6 Å². The largest absolute Gasteiger partial charge is 0.317 e. The third kappa shape index (κ3) is 2.47. The van der Waals surface area contributed by atoms with Gasteiger partial charge in [0.15, 0.2) is 0 Å². The molecule has 1 aliphatic rings. The van der Waals surface area contributed by atoms with E-state index in [0.29, 0.717) is 17.7 Å². The maximum atomic E-state index is 12.4. The maximum Gasteiger partial charge on any atom is 0.256 e. The van der Waals surface area contributed by atoms with Gasteiger partial charge in [0.25, 0.3) is 5.91 Å². The number of aryl methyl sites for hydroxylation is 1. The summed E-state index contributed by atoms with van der Waals surface area (Å²) in [4.78, 5) is 40.9. The van der Waals surface area contributed by atoms with Crippen molar-refractivity contribution in [2.45, 2.75) is 26.3 Å². The zero-order chi connectivity index (χ0) is 14.0. The van der Waals surface area contributed by atoms with Gasteiger partial charge in [-0.3, -0.25) is 24.7 Å². The molecule has 0 bridgehead atoms. The fourth-order valence-corrected chi connectivity index (χ4v) is 2.15. The molecule has 3 amide bonds. The van der Waals surface area contributed by atoms with Gasteiger partial charge in [0.2, 0.25) is 11.8 Å². The van der Waals surface area contributed by atoms with Crippen molar-refractivity contribution in [2.24, 2.45) is 0 Å². The maximum absolute atomic E-state index is 12.4. The average Bonchev–Trinajstić information content (AvgIpc) is 2.37. The Morgan fingerprint density at radius 3 is 2.89 bits per heavy atom. The number of piperazine rings is 1. The number of aromatic nitrogens is 1. The molecule has 6 nitrogen and oxygen atoms in total. The van der Waals surface area contributed by atoms with Gasteiger partial charge in [-0.2, -0.15) is 0 Å². The van der Waals surface area contributed by atoms with Crippen LogP contribution in [0.15, 0.2) is 18.3 Å². The van der Waals surface area contributed by atoms with Gasteiger partial charge >= 0.3 is 0 Å². The first-order valence-corrected chi connectivity index (χ1v) is 6.11. The molecule has 19 heavy (non-hydrogen) atoms. The topological polar surface area (TPSA) is 79.4 Å². The summed E-state index contributed by atoms with van der Waals surface area (Å²) in [5, 5.41) is 2.24. The lowest BCUT2D eigenvalue weighted by Gasteiger charge is -2.33. The van der Waals surface area contributed by atoms with Crippen molar-refractivity contribution in [1.29, 1.82) is 0 Å². The van der Waals surface area contributed by atoms with E-state index in [2.05, 4.69) is 10.3 Å². The van der Waals surface area contributed by atoms with Crippen LogP contribution in [0.5, 0.6) is 0 Å². The van der Waals surface area contributed by atoms with Gasteiger partial charge in [-0.05, 0) is 25.5 Å². The van der Waals surface area contributed by atoms with E-state index in [0.717, 1.165) is 0 Å². The van der Waals surface area contributed by atoms with Crippen LogP contribution in [-0.4, -0.2) is 40.2 Å². The van der Waals surface area contributed by atoms with Gasteiger partial charge in [-0.25, -0.2) is 0 Å². The van der Waals surface area contributed by atoms with Crippen LogP contribution in [0.3, 0.4) is 0 Å². The Kier molecular flexibility index (Phi) is 3.59. The van der Waals surface area contributed by atoms with Gasteiger partial charge in [0, 0.05) is 11.9 Å². The van der Waals surface area contributed by atoms with E-state index in [1.54, 1.807) is 32.2 Å². The molecule has 0 radical (unpaired) electrons. The van der Waals surface area contributed by atoms with Crippen molar-refractivity contribution < 1.29 is 14.4 Å². The smallest absolute Gasteiger partial charge is 0.256 e. The van der Waals surface area contributed by atoms with Crippen molar-refractivity contribution in [3.8, 4) is 0 Å². The molecule has 6 heteroatoms. The summed E-state index contributed by atoms with van der Waals surface area (Å²) in [6, 6.07) is 2.70. The Morgan fingerprint density at radius 1 is 1.53 bits per heavy atom. The molecule has 2 heterocycles. The lowest BCUT2D eigenvalue weighted by Crippen LogP contribution is -2.59. The van der Waals surface area contributed by atoms with Gasteiger partial charge < -0.3 is 4.90 Å². The molecule has 1 aromatic heterocycles. The van der Waals surface area contributed by atoms with Gasteiger partial charge in [0.05, 0.1) is 5.56 Å². The first kappa shape index (κ1) is 13.2. The van der Waals surface area contributed by atoms with Crippen LogP contribution in [0.1, 0.15) is 29.4 Å². The number of hydrogen-bond acceptors (Lipinski definition) is 4. The molecular weight excluding hydrogens is 246 g/mol. The summed E-state index contributed by atoms with van der Waals surface area (Å²) in [5.41, 5.74) is 1.00. The molecule has 100 valence electrons. The predicted molar refractivity (Wildman–Crippen MR) is 67.2 cm³/mol. The fraction of sp³-hybridized carbons (Fsp3) is 0.385. The predicted octanol–water partition coefficient (Wildman–Crippen LogP) is 0.267. The number of nitrogens with one attached hydrogen (secondary N) is 1. The first-order chi connectivity index (χ1) is 9.04. The second kappa shape index (κ2) is 5.17. The van der Waals surface area contributed by atoms with Crippen LogP contribution >= 0.6 is 0 Å². The van der Waals surface area contributed by atoms with Crippen molar-refractivity contribution >= 4 is 17.7 Å². The Bertz CT molecular complexity index is 542. The minimum atomic E-state index is -0.607. The normalized spacial score (nSPS) is 19.3. The molecule has 1 aliphatic heterocycles. The summed E-state index contributed by atoms with van der Waals surface area (Å²) >= 11 is 0. The zero-order valence-electron chi connectivity index (χ0n) is 10.8. The molecule has 0 aliphatic carbocycles. The monoisotopic (exact) mass is 261 g/mol. The van der Waals surface area contributed by atoms with E-state index in [4.69, 9.17) is 0 Å². The molecule has 1 unspecified atom stereocenters. The molecule has 0 aromatic carbocycles. The third-order valence-electron chi connectivity index (χ3n) is 3.14. The number of rotatable bonds is 2. The standard InChI is InChI=1S/C13H15N3O3/c1-3-10-12(18)15-11(17)7-16(10)13(19)9-5-4-6-14-8(9)2/h4-6,10H,3,7H2,1-2H3,(H,15,17,18). The molecule has 1 N–H and O–H groups in total. The van der Waals surface area contributed by atoms with Crippen molar-refractivity contribution in [2.75, 3.05) is 6.54 Å². The minimum absolute atomic E-state index is 0.0998. The molecule has 1 fully saturated rings. The van der Waals surface area contributed by atoms with Crippen LogP contribution in [0.2, 0.25) is 0 Å². The SMILES string of the molecule is CCC1C(=O)NC(=O)CN1C(=O)c1cccnc1C. The highest BCUT2D eigenvalue weighted by Crippen LogP contribution is 2.15. The van der Waals surface area contributed by atoms with E-state index in [9.17, 15) is 14.4 Å². The molecule has 2 rings (SSSR count). The molecule has 1 saturated heterocycles. The molecule has 0 spiro atoms. The van der Waals surface area contributed by atoms with Crippen LogP contribution in [0.4, 0.5) is 0 Å². The number of pyridine rings is 1. The van der Waals surface area contributed by atoms with Crippen molar-refractivity contribution in [1.82, 2.24) is 15.2 Å². The summed E-state index contributed by atoms with van der Waals surface area (Å²) < 4.78 is 0. The zero-order valence-corrected chi connectivity index (χ0v) is 10.8. The Hall–Kier alpha value is -2.24. The van der Waals surface area contributed by atoms with E-state index in [1.165, 1.54) is 4.90 Å². The average molecular weight is 261 g/mol. The van der Waals surface area contributed by atoms with E-state index in [1.807, 2.05) is 0 Å². The number of carbonyl (C=O) groups excluding carboxylic acids is 3. The van der Waals surface area contributed by atoms with Gasteiger partial charge in [-0.15, -0.1) is 0 Å². The van der Waals surface area contributed by atoms with Crippen LogP contribution < -0.4 is 5.32 Å². The second-order valence-corrected chi connectivity index (χ2v) is 4.41. The Morgan fingerprint density at radius 2 is 2.26 bits per heavy atom. The summed E-state index contributed by atoms with van der Waals surface area (Å²) in [6.45, 7) is 3.42. The van der Waals surface area contributed by atoms with E-state index >= 15 is 0 Å². The lowest BCUT2D eigenvalue weighted by atomic mass is 10.1. The van der Waals surface area contributed by atoms with E-state index in [-0.39, 0.29) is 12.5 Å². The number of imide groups is 1. The van der Waals surface area contributed by atoms with Crippen molar-refractivity contribution in [3.63, 3.8) is 0 Å². The number of nitrogens with zero attached hydrogens (tertiary/aromatic N) is 2. The molecule has 1 atom stereocenters. The number of amides is 3. The lowest BCUT2D eigenvalue weighted by molar-refractivity contribution is -0.138. The van der Waals surface area contributed by atoms with E-state index < -0.39 is 17.9 Å². The molecular formula is C13H15N3O3. The highest BCUT2D eigenvalue weighted by atomic mass is 16.2. The highest BCUT2D eigenvalue weighted by Gasteiger charge is 2.36. The quantitative estimate of drug-likeness (QED) is 0.775. The van der Waals surface area contributed by atoms with Crippen molar-refractivity contribution in [3.05, 3.63) is 29.6 Å². The van der Waals surface area contributed by atoms with Crippen LogP contribution in [0.25, 0.3) is 0 Å². The highest BCUT2D eigenvalue weighted by molar-refractivity contribution is 6.07. The second-order valence-electron chi connectivity index (χ2n) is 4.41. The fourth-order valence-electron chi connectivity index (χ4n) is 2.15. The molecule has 0 saturated carbocycles. The first-order valence-electron chi connectivity index (χ1n) is 6.11.